The van der Waals surface area contributed by atoms with Gasteiger partial charge in [-0.3, -0.25) is 4.79 Å². The molecular weight excluding hydrogens is 420 g/mol. The Balaban J connectivity index is 1.75. The van der Waals surface area contributed by atoms with Crippen LogP contribution in [0.1, 0.15) is 15.9 Å². The highest BCUT2D eigenvalue weighted by Crippen LogP contribution is 2.28. The van der Waals surface area contributed by atoms with Gasteiger partial charge in [0.1, 0.15) is 11.5 Å². The van der Waals surface area contributed by atoms with E-state index in [-0.39, 0.29) is 11.7 Å². The molecule has 3 aromatic rings. The molecule has 0 spiro atoms. The van der Waals surface area contributed by atoms with Crippen molar-refractivity contribution < 1.29 is 9.18 Å². The molecule has 2 aromatic carbocycles. The predicted molar refractivity (Wildman–Crippen MR) is 97.7 cm³/mol. The highest BCUT2D eigenvalue weighted by molar-refractivity contribution is 14.1. The summed E-state index contributed by atoms with van der Waals surface area (Å²) < 4.78 is 15.8. The quantitative estimate of drug-likeness (QED) is 0.629. The number of aromatic nitrogens is 2. The summed E-state index contributed by atoms with van der Waals surface area (Å²) in [5.41, 5.74) is 4.42. The lowest BCUT2D eigenvalue weighted by molar-refractivity contribution is 0.0946. The third kappa shape index (κ3) is 2.71. The van der Waals surface area contributed by atoms with Gasteiger partial charge in [0.25, 0.3) is 5.91 Å². The van der Waals surface area contributed by atoms with E-state index in [1.165, 1.54) is 12.1 Å². The lowest BCUT2D eigenvalue weighted by atomic mass is 9.97. The fraction of sp³-hybridized carbons (Fsp3) is 0.111. The molecule has 0 atom stereocenters. The molecule has 2 heterocycles. The first-order valence-corrected chi connectivity index (χ1v) is 8.62. The minimum Gasteiger partial charge on any atom is -0.352 e. The molecular formula is C18H13FIN3O. The van der Waals surface area contributed by atoms with Crippen molar-refractivity contribution in [2.45, 2.75) is 6.42 Å². The maximum absolute atomic E-state index is 13.1. The SMILES string of the molecule is O=C1NCCc2cc(-c3nn(-c4ccc(F)cc4)cc3I)ccc21. The van der Waals surface area contributed by atoms with E-state index in [1.54, 1.807) is 16.8 Å². The number of nitrogens with zero attached hydrogens (tertiary/aromatic N) is 2. The van der Waals surface area contributed by atoms with Crippen LogP contribution in [0.4, 0.5) is 4.39 Å². The van der Waals surface area contributed by atoms with Gasteiger partial charge in [-0.1, -0.05) is 6.07 Å². The Kier molecular flexibility index (Phi) is 3.84. The summed E-state index contributed by atoms with van der Waals surface area (Å²) in [6, 6.07) is 12.0. The zero-order valence-corrected chi connectivity index (χ0v) is 14.7. The number of carbonyl (C=O) groups is 1. The number of halogens is 2. The van der Waals surface area contributed by atoms with Crippen molar-refractivity contribution in [2.75, 3.05) is 6.54 Å². The van der Waals surface area contributed by atoms with Crippen LogP contribution in [0.15, 0.2) is 48.7 Å². The second-order valence-corrected chi connectivity index (χ2v) is 6.79. The molecule has 0 unspecified atom stereocenters. The summed E-state index contributed by atoms with van der Waals surface area (Å²) >= 11 is 2.24. The van der Waals surface area contributed by atoms with E-state index >= 15 is 0 Å². The van der Waals surface area contributed by atoms with Crippen molar-refractivity contribution in [1.29, 1.82) is 0 Å². The first-order chi connectivity index (χ1) is 11.6. The van der Waals surface area contributed by atoms with E-state index in [0.717, 1.165) is 38.1 Å². The molecule has 0 fully saturated rings. The van der Waals surface area contributed by atoms with Crippen LogP contribution in [-0.2, 0) is 6.42 Å². The lowest BCUT2D eigenvalue weighted by Gasteiger charge is -2.16. The third-order valence-corrected chi connectivity index (χ3v) is 4.85. The Morgan fingerprint density at radius 1 is 1.17 bits per heavy atom. The fourth-order valence-electron chi connectivity index (χ4n) is 2.85. The largest absolute Gasteiger partial charge is 0.352 e. The second kappa shape index (κ2) is 6.01. The molecule has 1 aliphatic rings. The van der Waals surface area contributed by atoms with Crippen LogP contribution < -0.4 is 5.32 Å². The Bertz CT molecular complexity index is 934. The molecule has 6 heteroatoms. The number of hydrogen-bond donors (Lipinski definition) is 1. The zero-order valence-electron chi connectivity index (χ0n) is 12.6. The molecule has 1 aromatic heterocycles. The van der Waals surface area contributed by atoms with Crippen LogP contribution in [0.3, 0.4) is 0 Å². The maximum Gasteiger partial charge on any atom is 0.251 e. The summed E-state index contributed by atoms with van der Waals surface area (Å²) in [7, 11) is 0. The second-order valence-electron chi connectivity index (χ2n) is 5.62. The van der Waals surface area contributed by atoms with Gasteiger partial charge >= 0.3 is 0 Å². The molecule has 0 aliphatic carbocycles. The van der Waals surface area contributed by atoms with E-state index < -0.39 is 0 Å². The monoisotopic (exact) mass is 433 g/mol. The number of rotatable bonds is 2. The number of carbonyl (C=O) groups excluding carboxylic acids is 1. The minimum atomic E-state index is -0.270. The van der Waals surface area contributed by atoms with Gasteiger partial charge in [-0.15, -0.1) is 0 Å². The van der Waals surface area contributed by atoms with Gasteiger partial charge < -0.3 is 5.32 Å². The van der Waals surface area contributed by atoms with Crippen molar-refractivity contribution in [3.63, 3.8) is 0 Å². The molecule has 0 saturated carbocycles. The number of amides is 1. The van der Waals surface area contributed by atoms with Crippen molar-refractivity contribution in [3.05, 3.63) is 69.2 Å². The molecule has 0 saturated heterocycles. The van der Waals surface area contributed by atoms with E-state index in [2.05, 4.69) is 33.0 Å². The Hall–Kier alpha value is -2.22. The van der Waals surface area contributed by atoms with Crippen LogP contribution in [0.2, 0.25) is 0 Å². The molecule has 0 bridgehead atoms. The normalized spacial score (nSPS) is 13.5. The molecule has 1 amide bonds. The average Bonchev–Trinajstić information content (AvgIpc) is 2.97. The summed E-state index contributed by atoms with van der Waals surface area (Å²) in [6.45, 7) is 0.663. The first kappa shape index (κ1) is 15.3. The van der Waals surface area contributed by atoms with E-state index in [1.807, 2.05) is 24.4 Å². The topological polar surface area (TPSA) is 46.9 Å². The van der Waals surface area contributed by atoms with Crippen molar-refractivity contribution in [2.24, 2.45) is 0 Å². The van der Waals surface area contributed by atoms with Gasteiger partial charge in [0, 0.05) is 23.9 Å². The summed E-state index contributed by atoms with van der Waals surface area (Å²) in [4.78, 5) is 11.9. The fourth-order valence-corrected chi connectivity index (χ4v) is 3.53. The molecule has 24 heavy (non-hydrogen) atoms. The third-order valence-electron chi connectivity index (χ3n) is 4.06. The van der Waals surface area contributed by atoms with Crippen molar-refractivity contribution >= 4 is 28.5 Å². The van der Waals surface area contributed by atoms with E-state index in [9.17, 15) is 9.18 Å². The summed E-state index contributed by atoms with van der Waals surface area (Å²) in [5.74, 6) is -0.289. The van der Waals surface area contributed by atoms with Gasteiger partial charge in [0.05, 0.1) is 9.26 Å². The van der Waals surface area contributed by atoms with Crippen LogP contribution in [0.5, 0.6) is 0 Å². The number of hydrogen-bond acceptors (Lipinski definition) is 2. The van der Waals surface area contributed by atoms with Gasteiger partial charge in [0.15, 0.2) is 0 Å². The summed E-state index contributed by atoms with van der Waals surface area (Å²) in [6.07, 6.45) is 2.74. The maximum atomic E-state index is 13.1. The molecule has 4 rings (SSSR count). The summed E-state index contributed by atoms with van der Waals surface area (Å²) in [5, 5.41) is 7.48. The van der Waals surface area contributed by atoms with Crippen LogP contribution in [0.25, 0.3) is 16.9 Å². The van der Waals surface area contributed by atoms with Gasteiger partial charge in [-0.25, -0.2) is 9.07 Å². The van der Waals surface area contributed by atoms with Crippen molar-refractivity contribution in [1.82, 2.24) is 15.1 Å². The van der Waals surface area contributed by atoms with Crippen LogP contribution in [0, 0.1) is 9.39 Å². The van der Waals surface area contributed by atoms with Gasteiger partial charge in [-0.05, 0) is 71.0 Å². The average molecular weight is 433 g/mol. The number of benzene rings is 2. The minimum absolute atomic E-state index is 0.0191. The van der Waals surface area contributed by atoms with E-state index in [0.29, 0.717) is 6.54 Å². The number of fused-ring (bicyclic) bond motifs is 1. The first-order valence-electron chi connectivity index (χ1n) is 7.54. The Morgan fingerprint density at radius 2 is 1.96 bits per heavy atom. The lowest BCUT2D eigenvalue weighted by Crippen LogP contribution is -2.31. The van der Waals surface area contributed by atoms with Crippen LogP contribution >= 0.6 is 22.6 Å². The molecule has 120 valence electrons. The van der Waals surface area contributed by atoms with Crippen LogP contribution in [-0.4, -0.2) is 22.2 Å². The molecule has 1 N–H and O–H groups in total. The van der Waals surface area contributed by atoms with Gasteiger partial charge in [-0.2, -0.15) is 5.10 Å². The predicted octanol–water partition coefficient (Wildman–Crippen LogP) is 3.57. The molecule has 4 nitrogen and oxygen atoms in total. The molecule has 0 radical (unpaired) electrons. The molecule has 1 aliphatic heterocycles. The number of nitrogens with one attached hydrogen (secondary N) is 1. The Morgan fingerprint density at radius 3 is 2.75 bits per heavy atom. The Labute approximate surface area is 151 Å². The standard InChI is InChI=1S/C18H13FIN3O/c19-13-2-4-14(5-3-13)23-10-16(20)17(22-23)12-1-6-15-11(9-12)7-8-21-18(15)24/h1-6,9-10H,7-8H2,(H,21,24). The smallest absolute Gasteiger partial charge is 0.251 e. The van der Waals surface area contributed by atoms with Crippen molar-refractivity contribution in [3.8, 4) is 16.9 Å². The zero-order chi connectivity index (χ0) is 16.7. The van der Waals surface area contributed by atoms with Gasteiger partial charge in [0.2, 0.25) is 0 Å². The van der Waals surface area contributed by atoms with E-state index in [4.69, 9.17) is 0 Å². The highest BCUT2D eigenvalue weighted by atomic mass is 127. The highest BCUT2D eigenvalue weighted by Gasteiger charge is 2.18.